The van der Waals surface area contributed by atoms with Gasteiger partial charge in [-0.1, -0.05) is 36.8 Å². The summed E-state index contributed by atoms with van der Waals surface area (Å²) in [5.41, 5.74) is 2.16. The number of nitrogens with zero attached hydrogens (tertiary/aromatic N) is 2. The number of hydrogen-bond donors (Lipinski definition) is 1. The standard InChI is InChI=1S/C25H31N3O2S/c29-31(30,21-8-2-1-3-9-21)25(14-6-15-25)16-7-17-28-18-12-20(13-19-28)24-26-22-10-4-5-11-23(22)27-24/h1-5,8-11,20H,6-7,12-19H2,(H,26,27). The lowest BCUT2D eigenvalue weighted by Crippen LogP contribution is -2.46. The van der Waals surface area contributed by atoms with Crippen LogP contribution < -0.4 is 0 Å². The number of sulfone groups is 1. The summed E-state index contributed by atoms with van der Waals surface area (Å²) in [4.78, 5) is 11.3. The summed E-state index contributed by atoms with van der Waals surface area (Å²) < 4.78 is 26.0. The highest BCUT2D eigenvalue weighted by atomic mass is 32.2. The average molecular weight is 438 g/mol. The molecule has 0 atom stereocenters. The molecule has 0 bridgehead atoms. The predicted octanol–water partition coefficient (Wildman–Crippen LogP) is 4.92. The average Bonchev–Trinajstić information content (AvgIpc) is 3.21. The van der Waals surface area contributed by atoms with Crippen LogP contribution in [0.4, 0.5) is 0 Å². The van der Waals surface area contributed by atoms with E-state index in [1.807, 2.05) is 30.3 Å². The minimum absolute atomic E-state index is 0.486. The van der Waals surface area contributed by atoms with Crippen molar-refractivity contribution in [3.8, 4) is 0 Å². The molecule has 1 saturated heterocycles. The second-order valence-corrected chi connectivity index (χ2v) is 11.6. The topological polar surface area (TPSA) is 66.1 Å². The smallest absolute Gasteiger partial charge is 0.184 e. The van der Waals surface area contributed by atoms with E-state index >= 15 is 0 Å². The highest BCUT2D eigenvalue weighted by Gasteiger charge is 2.48. The van der Waals surface area contributed by atoms with Crippen molar-refractivity contribution in [3.63, 3.8) is 0 Å². The Morgan fingerprint density at radius 1 is 1.00 bits per heavy atom. The number of H-pyrrole nitrogens is 1. The molecule has 1 aliphatic carbocycles. The Balaban J connectivity index is 1.15. The van der Waals surface area contributed by atoms with Crippen LogP contribution >= 0.6 is 0 Å². The van der Waals surface area contributed by atoms with Gasteiger partial charge in [0.1, 0.15) is 5.82 Å². The Morgan fingerprint density at radius 3 is 2.39 bits per heavy atom. The molecule has 1 aromatic heterocycles. The van der Waals surface area contributed by atoms with Gasteiger partial charge in [-0.15, -0.1) is 0 Å². The van der Waals surface area contributed by atoms with E-state index in [1.165, 1.54) is 0 Å². The molecule has 1 N–H and O–H groups in total. The number of rotatable bonds is 7. The molecule has 3 aromatic rings. The van der Waals surface area contributed by atoms with E-state index in [2.05, 4.69) is 22.0 Å². The fraction of sp³-hybridized carbons (Fsp3) is 0.480. The van der Waals surface area contributed by atoms with E-state index in [4.69, 9.17) is 4.98 Å². The molecular weight excluding hydrogens is 406 g/mol. The van der Waals surface area contributed by atoms with Gasteiger partial charge in [0.25, 0.3) is 0 Å². The Labute approximate surface area is 184 Å². The molecule has 0 spiro atoms. The zero-order chi connectivity index (χ0) is 21.3. The third-order valence-corrected chi connectivity index (χ3v) is 10.0. The van der Waals surface area contributed by atoms with Gasteiger partial charge < -0.3 is 9.88 Å². The van der Waals surface area contributed by atoms with Crippen molar-refractivity contribution in [3.05, 3.63) is 60.4 Å². The summed E-state index contributed by atoms with van der Waals surface area (Å²) in [5.74, 6) is 1.60. The minimum Gasteiger partial charge on any atom is -0.342 e. The first-order chi connectivity index (χ1) is 15.1. The lowest BCUT2D eigenvalue weighted by atomic mass is 9.80. The van der Waals surface area contributed by atoms with E-state index in [-0.39, 0.29) is 0 Å². The van der Waals surface area contributed by atoms with Gasteiger partial charge in [0, 0.05) is 5.92 Å². The molecular formula is C25H31N3O2S. The number of imidazole rings is 1. The van der Waals surface area contributed by atoms with Crippen LogP contribution in [0.25, 0.3) is 11.0 Å². The number of para-hydroxylation sites is 2. The summed E-state index contributed by atoms with van der Waals surface area (Å²) >= 11 is 0. The number of likely N-dealkylation sites (tertiary alicyclic amines) is 1. The van der Waals surface area contributed by atoms with E-state index in [0.29, 0.717) is 10.8 Å². The zero-order valence-electron chi connectivity index (χ0n) is 18.0. The molecule has 0 amide bonds. The van der Waals surface area contributed by atoms with Crippen LogP contribution in [0.1, 0.15) is 56.7 Å². The largest absolute Gasteiger partial charge is 0.342 e. The monoisotopic (exact) mass is 437 g/mol. The number of aromatic amines is 1. The Kier molecular flexibility index (Phi) is 5.61. The first-order valence-electron chi connectivity index (χ1n) is 11.5. The van der Waals surface area contributed by atoms with Crippen molar-refractivity contribution in [1.29, 1.82) is 0 Å². The van der Waals surface area contributed by atoms with Gasteiger partial charge in [-0.2, -0.15) is 0 Å². The van der Waals surface area contributed by atoms with Crippen LogP contribution in [-0.2, 0) is 9.84 Å². The number of aromatic nitrogens is 2. The molecule has 31 heavy (non-hydrogen) atoms. The molecule has 1 aliphatic heterocycles. The maximum absolute atomic E-state index is 13.3. The number of hydrogen-bond acceptors (Lipinski definition) is 4. The third kappa shape index (κ3) is 3.92. The Bertz CT molecular complexity index is 1090. The Morgan fingerprint density at radius 2 is 1.71 bits per heavy atom. The number of fused-ring (bicyclic) bond motifs is 1. The van der Waals surface area contributed by atoms with Crippen LogP contribution in [0.3, 0.4) is 0 Å². The molecule has 6 heteroatoms. The van der Waals surface area contributed by atoms with Crippen LogP contribution in [0.15, 0.2) is 59.5 Å². The van der Waals surface area contributed by atoms with Crippen molar-refractivity contribution in [2.24, 2.45) is 0 Å². The quantitative estimate of drug-likeness (QED) is 0.570. The second-order valence-electron chi connectivity index (χ2n) is 9.21. The molecule has 2 heterocycles. The van der Waals surface area contributed by atoms with Gasteiger partial charge in [0.15, 0.2) is 9.84 Å². The van der Waals surface area contributed by atoms with Crippen molar-refractivity contribution in [1.82, 2.24) is 14.9 Å². The van der Waals surface area contributed by atoms with Gasteiger partial charge >= 0.3 is 0 Å². The van der Waals surface area contributed by atoms with Crippen LogP contribution in [0, 0.1) is 0 Å². The van der Waals surface area contributed by atoms with Crippen LogP contribution in [0.2, 0.25) is 0 Å². The van der Waals surface area contributed by atoms with Crippen molar-refractivity contribution >= 4 is 20.9 Å². The molecule has 1 saturated carbocycles. The van der Waals surface area contributed by atoms with Gasteiger partial charge in [-0.25, -0.2) is 13.4 Å². The lowest BCUT2D eigenvalue weighted by molar-refractivity contribution is 0.197. The number of nitrogens with one attached hydrogen (secondary N) is 1. The lowest BCUT2D eigenvalue weighted by Gasteiger charge is -2.42. The maximum atomic E-state index is 13.3. The van der Waals surface area contributed by atoms with E-state index in [0.717, 1.165) is 81.4 Å². The second kappa shape index (κ2) is 8.40. The van der Waals surface area contributed by atoms with Crippen LogP contribution in [-0.4, -0.2) is 47.7 Å². The number of piperidine rings is 1. The van der Waals surface area contributed by atoms with Crippen molar-refractivity contribution in [2.75, 3.05) is 19.6 Å². The van der Waals surface area contributed by atoms with Crippen molar-refractivity contribution < 1.29 is 8.42 Å². The summed E-state index contributed by atoms with van der Waals surface area (Å²) in [6, 6.07) is 17.2. The first kappa shape index (κ1) is 20.7. The predicted molar refractivity (Wildman–Crippen MR) is 124 cm³/mol. The SMILES string of the molecule is O=S(=O)(c1ccccc1)C1(CCCN2CCC(c3nc4ccccc4[nH]3)CC2)CCC1. The first-order valence-corrected chi connectivity index (χ1v) is 13.0. The summed E-state index contributed by atoms with van der Waals surface area (Å²) in [6.07, 6.45) is 6.56. The fourth-order valence-electron chi connectivity index (χ4n) is 5.29. The molecule has 0 radical (unpaired) electrons. The van der Waals surface area contributed by atoms with Gasteiger partial charge in [0.2, 0.25) is 0 Å². The Hall–Kier alpha value is -2.18. The van der Waals surface area contributed by atoms with Gasteiger partial charge in [-0.05, 0) is 82.4 Å². The summed E-state index contributed by atoms with van der Waals surface area (Å²) in [6.45, 7) is 3.10. The fourth-order valence-corrected chi connectivity index (χ4v) is 7.55. The van der Waals surface area contributed by atoms with Crippen molar-refractivity contribution in [2.45, 2.75) is 60.5 Å². The zero-order valence-corrected chi connectivity index (χ0v) is 18.8. The highest BCUT2D eigenvalue weighted by molar-refractivity contribution is 7.93. The van der Waals surface area contributed by atoms with Gasteiger partial charge in [0.05, 0.1) is 20.7 Å². The maximum Gasteiger partial charge on any atom is 0.184 e. The number of benzene rings is 2. The van der Waals surface area contributed by atoms with E-state index in [1.54, 1.807) is 12.1 Å². The van der Waals surface area contributed by atoms with E-state index < -0.39 is 14.6 Å². The normalized spacial score (nSPS) is 20.0. The molecule has 0 unspecified atom stereocenters. The minimum atomic E-state index is -3.26. The molecule has 2 aromatic carbocycles. The van der Waals surface area contributed by atoms with Crippen LogP contribution in [0.5, 0.6) is 0 Å². The molecule has 2 aliphatic rings. The molecule has 2 fully saturated rings. The van der Waals surface area contributed by atoms with Gasteiger partial charge in [-0.3, -0.25) is 0 Å². The summed E-state index contributed by atoms with van der Waals surface area (Å²) in [7, 11) is -3.26. The molecule has 5 nitrogen and oxygen atoms in total. The molecule has 5 rings (SSSR count). The highest BCUT2D eigenvalue weighted by Crippen LogP contribution is 2.46. The third-order valence-electron chi connectivity index (χ3n) is 7.38. The molecule has 164 valence electrons. The van der Waals surface area contributed by atoms with E-state index in [9.17, 15) is 8.42 Å². The summed E-state index contributed by atoms with van der Waals surface area (Å²) in [5, 5.41) is 0.